The third-order valence-corrected chi connectivity index (χ3v) is 3.94. The van der Waals surface area contributed by atoms with Gasteiger partial charge < -0.3 is 10.1 Å². The van der Waals surface area contributed by atoms with Crippen LogP contribution >= 0.6 is 11.6 Å². The number of benzene rings is 2. The van der Waals surface area contributed by atoms with E-state index in [1.54, 1.807) is 24.3 Å². The number of nitrogens with one attached hydrogen (secondary N) is 1. The Hall–Kier alpha value is -2.00. The summed E-state index contributed by atoms with van der Waals surface area (Å²) in [6.45, 7) is 5.94. The van der Waals surface area contributed by atoms with E-state index in [0.717, 1.165) is 5.56 Å². The van der Waals surface area contributed by atoms with Crippen molar-refractivity contribution in [3.63, 3.8) is 0 Å². The lowest BCUT2D eigenvalue weighted by Gasteiger charge is -2.21. The molecule has 23 heavy (non-hydrogen) atoms. The van der Waals surface area contributed by atoms with Crippen molar-refractivity contribution in [1.82, 2.24) is 5.32 Å². The van der Waals surface area contributed by atoms with Crippen molar-refractivity contribution in [3.05, 3.63) is 64.7 Å². The third-order valence-electron chi connectivity index (χ3n) is 3.69. The molecule has 0 saturated heterocycles. The van der Waals surface area contributed by atoms with E-state index < -0.39 is 6.10 Å². The number of hydrogen-bond donors (Lipinski definition) is 1. The van der Waals surface area contributed by atoms with Crippen molar-refractivity contribution in [2.45, 2.75) is 39.3 Å². The first kappa shape index (κ1) is 17.4. The zero-order chi connectivity index (χ0) is 16.8. The van der Waals surface area contributed by atoms with E-state index in [0.29, 0.717) is 17.2 Å². The molecule has 1 N–H and O–H groups in total. The van der Waals surface area contributed by atoms with Gasteiger partial charge in [-0.2, -0.15) is 0 Å². The highest BCUT2D eigenvalue weighted by Crippen LogP contribution is 2.19. The lowest BCUT2D eigenvalue weighted by atomic mass is 10.1. The summed E-state index contributed by atoms with van der Waals surface area (Å²) in [5, 5.41) is 3.65. The molecule has 0 aliphatic rings. The van der Waals surface area contributed by atoms with Gasteiger partial charge in [0, 0.05) is 5.02 Å². The lowest BCUT2D eigenvalue weighted by Crippen LogP contribution is -2.39. The Morgan fingerprint density at radius 1 is 1.13 bits per heavy atom. The second-order valence-corrected chi connectivity index (χ2v) is 6.05. The van der Waals surface area contributed by atoms with Crippen molar-refractivity contribution in [2.24, 2.45) is 0 Å². The van der Waals surface area contributed by atoms with Crippen LogP contribution < -0.4 is 10.1 Å². The Labute approximate surface area is 142 Å². The van der Waals surface area contributed by atoms with Gasteiger partial charge in [-0.05, 0) is 50.1 Å². The van der Waals surface area contributed by atoms with Crippen molar-refractivity contribution in [2.75, 3.05) is 0 Å². The molecule has 3 nitrogen and oxygen atoms in total. The molecule has 4 heteroatoms. The van der Waals surface area contributed by atoms with Crippen LogP contribution in [0.4, 0.5) is 0 Å². The molecule has 0 saturated carbocycles. The molecule has 0 aliphatic heterocycles. The Morgan fingerprint density at radius 2 is 1.74 bits per heavy atom. The molecule has 2 rings (SSSR count). The smallest absolute Gasteiger partial charge is 0.261 e. The van der Waals surface area contributed by atoms with E-state index in [2.05, 4.69) is 5.32 Å². The van der Waals surface area contributed by atoms with E-state index in [1.165, 1.54) is 5.56 Å². The first-order valence-electron chi connectivity index (χ1n) is 7.78. The number of hydrogen-bond acceptors (Lipinski definition) is 2. The summed E-state index contributed by atoms with van der Waals surface area (Å²) in [7, 11) is 0. The van der Waals surface area contributed by atoms with Gasteiger partial charge in [0.15, 0.2) is 6.10 Å². The number of ether oxygens (including phenoxy) is 1. The molecule has 122 valence electrons. The van der Waals surface area contributed by atoms with Gasteiger partial charge in [-0.3, -0.25) is 4.79 Å². The van der Waals surface area contributed by atoms with Gasteiger partial charge >= 0.3 is 0 Å². The molecule has 2 atom stereocenters. The minimum absolute atomic E-state index is 0.0639. The molecule has 0 aliphatic carbocycles. The van der Waals surface area contributed by atoms with Crippen LogP contribution in [0.1, 0.15) is 37.4 Å². The second-order valence-electron chi connectivity index (χ2n) is 5.61. The highest BCUT2D eigenvalue weighted by molar-refractivity contribution is 6.30. The highest BCUT2D eigenvalue weighted by atomic mass is 35.5. The van der Waals surface area contributed by atoms with Gasteiger partial charge in [-0.25, -0.2) is 0 Å². The van der Waals surface area contributed by atoms with E-state index in [4.69, 9.17) is 16.3 Å². The maximum Gasteiger partial charge on any atom is 0.261 e. The lowest BCUT2D eigenvalue weighted by molar-refractivity contribution is -0.128. The fourth-order valence-corrected chi connectivity index (χ4v) is 2.37. The van der Waals surface area contributed by atoms with Gasteiger partial charge in [0.1, 0.15) is 5.75 Å². The molecule has 2 aromatic rings. The zero-order valence-corrected chi connectivity index (χ0v) is 14.4. The van der Waals surface area contributed by atoms with E-state index in [-0.39, 0.29) is 11.9 Å². The maximum absolute atomic E-state index is 12.4. The number of amides is 1. The average Bonchev–Trinajstić information content (AvgIpc) is 2.54. The average molecular weight is 332 g/mol. The van der Waals surface area contributed by atoms with Gasteiger partial charge in [-0.1, -0.05) is 48.4 Å². The predicted molar refractivity (Wildman–Crippen MR) is 93.9 cm³/mol. The topological polar surface area (TPSA) is 38.3 Å². The number of halogens is 1. The van der Waals surface area contributed by atoms with Crippen molar-refractivity contribution in [3.8, 4) is 5.75 Å². The molecular weight excluding hydrogens is 310 g/mol. The minimum Gasteiger partial charge on any atom is -0.481 e. The fourth-order valence-electron chi connectivity index (χ4n) is 2.24. The summed E-state index contributed by atoms with van der Waals surface area (Å²) < 4.78 is 5.77. The summed E-state index contributed by atoms with van der Waals surface area (Å²) >= 11 is 5.86. The van der Waals surface area contributed by atoms with Crippen molar-refractivity contribution >= 4 is 17.5 Å². The molecule has 0 fully saturated rings. The summed E-state index contributed by atoms with van der Waals surface area (Å²) in [6, 6.07) is 15.1. The van der Waals surface area contributed by atoms with Crippen LogP contribution in [0.5, 0.6) is 5.75 Å². The van der Waals surface area contributed by atoms with Crippen LogP contribution in [0.3, 0.4) is 0 Å². The minimum atomic E-state index is -0.524. The van der Waals surface area contributed by atoms with Gasteiger partial charge in [0.05, 0.1) is 6.04 Å². The molecule has 0 bridgehead atoms. The summed E-state index contributed by atoms with van der Waals surface area (Å²) in [6.07, 6.45) is 0.0683. The first-order valence-corrected chi connectivity index (χ1v) is 8.16. The van der Waals surface area contributed by atoms with Crippen molar-refractivity contribution in [1.29, 1.82) is 0 Å². The Kier molecular flexibility index (Phi) is 6.05. The summed E-state index contributed by atoms with van der Waals surface area (Å²) in [5.41, 5.74) is 2.27. The maximum atomic E-state index is 12.4. The molecule has 2 aromatic carbocycles. The predicted octanol–water partition coefficient (Wildman–Crippen LogP) is 4.68. The molecular formula is C19H22ClNO2. The van der Waals surface area contributed by atoms with E-state index >= 15 is 0 Å². The molecule has 0 radical (unpaired) electrons. The Morgan fingerprint density at radius 3 is 2.30 bits per heavy atom. The van der Waals surface area contributed by atoms with E-state index in [1.807, 2.05) is 45.0 Å². The SMILES string of the molecule is CC[C@@H](Oc1ccc(Cl)cc1)C(=O)N[C@@H](C)c1ccc(C)cc1. The number of aryl methyl sites for hydroxylation is 1. The van der Waals surface area contributed by atoms with Crippen LogP contribution in [-0.2, 0) is 4.79 Å². The highest BCUT2D eigenvalue weighted by Gasteiger charge is 2.20. The van der Waals surface area contributed by atoms with Crippen molar-refractivity contribution < 1.29 is 9.53 Å². The normalized spacial score (nSPS) is 13.2. The first-order chi connectivity index (χ1) is 11.0. The van der Waals surface area contributed by atoms with E-state index in [9.17, 15) is 4.79 Å². The van der Waals surface area contributed by atoms with Gasteiger partial charge in [0.25, 0.3) is 5.91 Å². The molecule has 0 aromatic heterocycles. The van der Waals surface area contributed by atoms with Crippen LogP contribution in [0, 0.1) is 6.92 Å². The second kappa shape index (κ2) is 8.02. The zero-order valence-electron chi connectivity index (χ0n) is 13.7. The molecule has 0 heterocycles. The molecule has 0 spiro atoms. The van der Waals surface area contributed by atoms with Gasteiger partial charge in [0.2, 0.25) is 0 Å². The largest absolute Gasteiger partial charge is 0.481 e. The van der Waals surface area contributed by atoms with Crippen LogP contribution in [0.2, 0.25) is 5.02 Å². The Bertz CT molecular complexity index is 637. The monoisotopic (exact) mass is 331 g/mol. The standard InChI is InChI=1S/C19H22ClNO2/c1-4-18(23-17-11-9-16(20)10-12-17)19(22)21-14(3)15-7-5-13(2)6-8-15/h5-12,14,18H,4H2,1-3H3,(H,21,22)/t14-,18+/m0/s1. The van der Waals surface area contributed by atoms with Gasteiger partial charge in [-0.15, -0.1) is 0 Å². The van der Waals surface area contributed by atoms with Crippen LogP contribution in [-0.4, -0.2) is 12.0 Å². The number of carbonyl (C=O) groups is 1. The van der Waals surface area contributed by atoms with Crippen LogP contribution in [0.15, 0.2) is 48.5 Å². The summed E-state index contributed by atoms with van der Waals surface area (Å²) in [5.74, 6) is 0.523. The fraction of sp³-hybridized carbons (Fsp3) is 0.316. The Balaban J connectivity index is 1.99. The quantitative estimate of drug-likeness (QED) is 0.834. The van der Waals surface area contributed by atoms with Crippen LogP contribution in [0.25, 0.3) is 0 Å². The number of rotatable bonds is 6. The number of carbonyl (C=O) groups excluding carboxylic acids is 1. The third kappa shape index (κ3) is 5.00. The molecule has 0 unspecified atom stereocenters. The summed E-state index contributed by atoms with van der Waals surface area (Å²) in [4.78, 5) is 12.4. The molecule has 1 amide bonds.